The number of fused-ring (bicyclic) bond motifs is 1. The van der Waals surface area contributed by atoms with Crippen LogP contribution in [0.3, 0.4) is 0 Å². The summed E-state index contributed by atoms with van der Waals surface area (Å²) in [5.41, 5.74) is 4.97. The Morgan fingerprint density at radius 1 is 1.28 bits per heavy atom. The maximum absolute atomic E-state index is 13.2. The molecule has 0 spiro atoms. The number of nitrogens with zero attached hydrogens (tertiary/aromatic N) is 5. The molecule has 0 bridgehead atoms. The monoisotopic (exact) mass is 429 g/mol. The Balaban J connectivity index is 1.30. The number of aliphatic imine (C=N–C) groups is 1. The molecule has 1 fully saturated rings. The van der Waals surface area contributed by atoms with Crippen molar-refractivity contribution in [3.63, 3.8) is 0 Å². The van der Waals surface area contributed by atoms with E-state index < -0.39 is 5.60 Å². The van der Waals surface area contributed by atoms with E-state index >= 15 is 0 Å². The molecule has 7 heteroatoms. The Labute approximate surface area is 187 Å². The molecule has 1 aliphatic carbocycles. The molecule has 1 aliphatic heterocycles. The van der Waals surface area contributed by atoms with Crippen molar-refractivity contribution in [3.05, 3.63) is 77.1 Å². The van der Waals surface area contributed by atoms with Gasteiger partial charge >= 0.3 is 0 Å². The van der Waals surface area contributed by atoms with E-state index in [-0.39, 0.29) is 11.7 Å². The average Bonchev–Trinajstić information content (AvgIpc) is 3.42. The van der Waals surface area contributed by atoms with Gasteiger partial charge in [0, 0.05) is 35.0 Å². The summed E-state index contributed by atoms with van der Waals surface area (Å²) in [6.45, 7) is 3.02. The van der Waals surface area contributed by atoms with Crippen LogP contribution in [0.4, 0.5) is 0 Å². The van der Waals surface area contributed by atoms with Crippen LogP contribution in [0.15, 0.2) is 54.2 Å². The van der Waals surface area contributed by atoms with Crippen LogP contribution in [0.1, 0.15) is 64.8 Å². The number of benzene rings is 1. The highest BCUT2D eigenvalue weighted by molar-refractivity contribution is 6.16. The number of rotatable bonds is 6. The lowest BCUT2D eigenvalue weighted by molar-refractivity contribution is -0.0327. The molecule has 3 aromatic rings. The number of hydrogen-bond acceptors (Lipinski definition) is 6. The van der Waals surface area contributed by atoms with Crippen LogP contribution >= 0.6 is 0 Å². The van der Waals surface area contributed by atoms with Gasteiger partial charge in [0.15, 0.2) is 5.78 Å². The largest absolute Gasteiger partial charge is 0.388 e. The highest BCUT2D eigenvalue weighted by Gasteiger charge is 2.36. The van der Waals surface area contributed by atoms with Gasteiger partial charge in [-0.05, 0) is 55.9 Å². The summed E-state index contributed by atoms with van der Waals surface area (Å²) in [6.07, 6.45) is 8.54. The zero-order chi connectivity index (χ0) is 22.1. The second-order valence-corrected chi connectivity index (χ2v) is 9.13. The number of aryl methyl sites for hydroxylation is 1. The lowest BCUT2D eigenvalue weighted by Crippen LogP contribution is -2.40. The first-order valence-corrected chi connectivity index (χ1v) is 11.2. The third-order valence-electron chi connectivity index (χ3n) is 6.58. The van der Waals surface area contributed by atoms with E-state index in [2.05, 4.69) is 15.1 Å². The summed E-state index contributed by atoms with van der Waals surface area (Å²) in [5.74, 6) is 0.286. The Bertz CT molecular complexity index is 1170. The van der Waals surface area contributed by atoms with E-state index in [0.717, 1.165) is 52.9 Å². The fraction of sp³-hybridized carbons (Fsp3) is 0.400. The normalized spacial score (nSPS) is 22.4. The van der Waals surface area contributed by atoms with Gasteiger partial charge in [-0.3, -0.25) is 19.5 Å². The third kappa shape index (κ3) is 4.25. The van der Waals surface area contributed by atoms with Crippen LogP contribution in [-0.4, -0.2) is 42.0 Å². The number of Topliss-reactive ketones (excluding diaryl/α,β-unsaturated/α-hetero) is 1. The second kappa shape index (κ2) is 8.39. The number of hydrogen-bond donors (Lipinski definition) is 1. The van der Waals surface area contributed by atoms with E-state index in [1.807, 2.05) is 37.3 Å². The van der Waals surface area contributed by atoms with E-state index in [1.165, 1.54) is 6.33 Å². The minimum Gasteiger partial charge on any atom is -0.388 e. The number of ketones is 1. The Hall–Kier alpha value is -3.19. The molecule has 32 heavy (non-hydrogen) atoms. The highest BCUT2D eigenvalue weighted by atomic mass is 16.3. The minimum atomic E-state index is -0.839. The zero-order valence-corrected chi connectivity index (χ0v) is 18.2. The maximum Gasteiger partial charge on any atom is 0.163 e. The Morgan fingerprint density at radius 3 is 3.00 bits per heavy atom. The van der Waals surface area contributed by atoms with E-state index in [9.17, 15) is 9.90 Å². The number of aliphatic hydroxyl groups is 1. The summed E-state index contributed by atoms with van der Waals surface area (Å²) in [4.78, 5) is 26.1. The summed E-state index contributed by atoms with van der Waals surface area (Å²) in [7, 11) is 0. The molecule has 1 saturated carbocycles. The zero-order valence-electron chi connectivity index (χ0n) is 18.2. The predicted octanol–water partition coefficient (Wildman–Crippen LogP) is 3.53. The Kier molecular flexibility index (Phi) is 5.43. The van der Waals surface area contributed by atoms with Crippen LogP contribution in [0.2, 0.25) is 0 Å². The summed E-state index contributed by atoms with van der Waals surface area (Å²) in [5, 5.41) is 15.2. The van der Waals surface area contributed by atoms with Crippen molar-refractivity contribution in [3.8, 4) is 0 Å². The first kappa shape index (κ1) is 20.7. The van der Waals surface area contributed by atoms with Crippen molar-refractivity contribution in [1.82, 2.24) is 19.7 Å². The molecule has 0 amide bonds. The van der Waals surface area contributed by atoms with E-state index in [1.54, 1.807) is 17.2 Å². The molecule has 2 atom stereocenters. The molecule has 0 radical (unpaired) electrons. The second-order valence-electron chi connectivity index (χ2n) is 9.13. The molecule has 5 rings (SSSR count). The molecule has 2 aromatic heterocycles. The van der Waals surface area contributed by atoms with Crippen molar-refractivity contribution in [1.29, 1.82) is 0 Å². The van der Waals surface area contributed by atoms with Gasteiger partial charge in [0.05, 0.1) is 24.4 Å². The van der Waals surface area contributed by atoms with Gasteiger partial charge in [-0.2, -0.15) is 5.10 Å². The molecule has 1 N–H and O–H groups in total. The number of pyridine rings is 1. The summed E-state index contributed by atoms with van der Waals surface area (Å²) < 4.78 is 1.67. The summed E-state index contributed by atoms with van der Waals surface area (Å²) >= 11 is 0. The van der Waals surface area contributed by atoms with Gasteiger partial charge in [-0.1, -0.05) is 18.6 Å². The van der Waals surface area contributed by atoms with Crippen molar-refractivity contribution < 1.29 is 9.90 Å². The number of aromatic nitrogens is 4. The smallest absolute Gasteiger partial charge is 0.163 e. The lowest BCUT2D eigenvalue weighted by Gasteiger charge is -2.36. The Morgan fingerprint density at radius 2 is 2.19 bits per heavy atom. The van der Waals surface area contributed by atoms with Crippen LogP contribution in [0.25, 0.3) is 0 Å². The fourth-order valence-electron chi connectivity index (χ4n) is 5.07. The molecule has 0 unspecified atom stereocenters. The van der Waals surface area contributed by atoms with Crippen LogP contribution in [0.5, 0.6) is 0 Å². The molecule has 7 nitrogen and oxygen atoms in total. The van der Waals surface area contributed by atoms with Gasteiger partial charge < -0.3 is 5.11 Å². The average molecular weight is 430 g/mol. The molecule has 164 valence electrons. The van der Waals surface area contributed by atoms with Crippen LogP contribution in [-0.2, 0) is 13.1 Å². The molecular formula is C25H27N5O2. The number of carbonyl (C=O) groups excluding carboxylic acids is 1. The molecular weight excluding hydrogens is 402 g/mol. The van der Waals surface area contributed by atoms with Gasteiger partial charge in [0.25, 0.3) is 0 Å². The SMILES string of the molecule is Cc1cc(C2=NCc3ccc(C(=O)C[C@@H]4CCC[C@](O)(Cn5cncn5)C4)cc32)ccn1. The topological polar surface area (TPSA) is 93.3 Å². The first-order chi connectivity index (χ1) is 15.5. The molecule has 0 saturated heterocycles. The quantitative estimate of drug-likeness (QED) is 0.605. The minimum absolute atomic E-state index is 0.125. The molecule has 3 heterocycles. The van der Waals surface area contributed by atoms with E-state index in [0.29, 0.717) is 25.9 Å². The van der Waals surface area contributed by atoms with Crippen molar-refractivity contribution in [2.45, 2.75) is 57.7 Å². The van der Waals surface area contributed by atoms with Gasteiger partial charge in [0.2, 0.25) is 0 Å². The van der Waals surface area contributed by atoms with Gasteiger partial charge in [-0.25, -0.2) is 4.98 Å². The third-order valence-corrected chi connectivity index (χ3v) is 6.58. The fourth-order valence-corrected chi connectivity index (χ4v) is 5.07. The van der Waals surface area contributed by atoms with Gasteiger partial charge in [-0.15, -0.1) is 0 Å². The summed E-state index contributed by atoms with van der Waals surface area (Å²) in [6, 6.07) is 9.93. The van der Waals surface area contributed by atoms with Crippen molar-refractivity contribution in [2.75, 3.05) is 0 Å². The number of carbonyl (C=O) groups is 1. The van der Waals surface area contributed by atoms with Crippen molar-refractivity contribution >= 4 is 11.5 Å². The van der Waals surface area contributed by atoms with Crippen LogP contribution in [0, 0.1) is 12.8 Å². The standard InChI is InChI=1S/C25H27N5O2/c1-17-9-20(6-8-27-17)24-22-11-19(4-5-21(22)13-28-24)23(31)10-18-3-2-7-25(32,12-18)14-30-16-26-15-29-30/h4-6,8-9,11,15-16,18,32H,2-3,7,10,12-14H2,1H3/t18-,25+/m0/s1. The van der Waals surface area contributed by atoms with E-state index in [4.69, 9.17) is 4.99 Å². The molecule has 2 aliphatic rings. The lowest BCUT2D eigenvalue weighted by atomic mass is 9.75. The van der Waals surface area contributed by atoms with Crippen LogP contribution < -0.4 is 0 Å². The van der Waals surface area contributed by atoms with Gasteiger partial charge in [0.1, 0.15) is 12.7 Å². The predicted molar refractivity (Wildman–Crippen MR) is 121 cm³/mol. The first-order valence-electron chi connectivity index (χ1n) is 11.2. The molecule has 1 aromatic carbocycles. The van der Waals surface area contributed by atoms with Crippen molar-refractivity contribution in [2.24, 2.45) is 10.9 Å². The highest BCUT2D eigenvalue weighted by Crippen LogP contribution is 2.36. The maximum atomic E-state index is 13.2.